The van der Waals surface area contributed by atoms with E-state index >= 15 is 0 Å². The zero-order valence-electron chi connectivity index (χ0n) is 6.67. The highest BCUT2D eigenvalue weighted by molar-refractivity contribution is 9.10. The quantitative estimate of drug-likeness (QED) is 0.794. The smallest absolute Gasteiger partial charge is 0.262 e. The zero-order valence-corrected chi connectivity index (χ0v) is 9.07. The van der Waals surface area contributed by atoms with Crippen LogP contribution in [0, 0.1) is 0 Å². The molecule has 0 saturated carbocycles. The second-order valence-corrected chi connectivity index (χ2v) is 4.96. The summed E-state index contributed by atoms with van der Waals surface area (Å²) < 4.78 is 24.7. The molecule has 0 fully saturated rings. The standard InChI is InChI=1S/C6H7BrN2O3S/c1-8-13(11,12)4-2-5(7)6(10)9-3-4/h2-3,8H,1H3,(H,9,10). The van der Waals surface area contributed by atoms with Gasteiger partial charge in [-0.2, -0.15) is 0 Å². The summed E-state index contributed by atoms with van der Waals surface area (Å²) in [5, 5.41) is 0. The molecule has 1 aromatic heterocycles. The number of hydrogen-bond acceptors (Lipinski definition) is 3. The molecule has 0 saturated heterocycles. The Hall–Kier alpha value is -0.660. The van der Waals surface area contributed by atoms with Crippen molar-refractivity contribution in [2.75, 3.05) is 7.05 Å². The molecule has 1 rings (SSSR count). The minimum absolute atomic E-state index is 0.0153. The molecule has 72 valence electrons. The Morgan fingerprint density at radius 1 is 1.54 bits per heavy atom. The average molecular weight is 267 g/mol. The van der Waals surface area contributed by atoms with Gasteiger partial charge in [0.15, 0.2) is 0 Å². The Morgan fingerprint density at radius 2 is 2.15 bits per heavy atom. The first-order valence-electron chi connectivity index (χ1n) is 3.29. The van der Waals surface area contributed by atoms with E-state index < -0.39 is 10.0 Å². The van der Waals surface area contributed by atoms with Crippen LogP contribution in [0.2, 0.25) is 0 Å². The summed E-state index contributed by atoms with van der Waals surface area (Å²) in [6, 6.07) is 1.24. The van der Waals surface area contributed by atoms with Crippen LogP contribution in [-0.4, -0.2) is 20.4 Å². The first kappa shape index (κ1) is 10.4. The minimum Gasteiger partial charge on any atom is -0.327 e. The molecule has 7 heteroatoms. The van der Waals surface area contributed by atoms with Crippen LogP contribution in [0.15, 0.2) is 26.4 Å². The van der Waals surface area contributed by atoms with E-state index in [9.17, 15) is 13.2 Å². The average Bonchev–Trinajstić information content (AvgIpc) is 2.09. The molecular formula is C6H7BrN2O3S. The fourth-order valence-electron chi connectivity index (χ4n) is 0.711. The third kappa shape index (κ3) is 2.17. The lowest BCUT2D eigenvalue weighted by atomic mass is 10.5. The second kappa shape index (κ2) is 3.60. The maximum Gasteiger partial charge on any atom is 0.262 e. The number of rotatable bonds is 2. The zero-order chi connectivity index (χ0) is 10.1. The number of aromatic nitrogens is 1. The van der Waals surface area contributed by atoms with E-state index in [0.717, 1.165) is 6.20 Å². The molecular weight excluding hydrogens is 260 g/mol. The first-order chi connectivity index (χ1) is 5.97. The second-order valence-electron chi connectivity index (χ2n) is 2.22. The van der Waals surface area contributed by atoms with E-state index in [2.05, 4.69) is 25.6 Å². The SMILES string of the molecule is CNS(=O)(=O)c1c[nH]c(=O)c(Br)c1. The van der Waals surface area contributed by atoms with Crippen LogP contribution in [-0.2, 0) is 10.0 Å². The molecule has 1 heterocycles. The van der Waals surface area contributed by atoms with Gasteiger partial charge >= 0.3 is 0 Å². The molecule has 1 aromatic rings. The van der Waals surface area contributed by atoms with Crippen LogP contribution in [0.4, 0.5) is 0 Å². The summed E-state index contributed by atoms with van der Waals surface area (Å²) in [7, 11) is -2.19. The maximum absolute atomic E-state index is 11.2. The molecule has 13 heavy (non-hydrogen) atoms. The summed E-state index contributed by atoms with van der Waals surface area (Å²) in [5.74, 6) is 0. The molecule has 0 amide bonds. The van der Waals surface area contributed by atoms with E-state index in [-0.39, 0.29) is 14.9 Å². The summed E-state index contributed by atoms with van der Waals surface area (Å²) in [4.78, 5) is 13.2. The van der Waals surface area contributed by atoms with Gasteiger partial charge < -0.3 is 4.98 Å². The lowest BCUT2D eigenvalue weighted by molar-refractivity contribution is 0.587. The summed E-state index contributed by atoms with van der Waals surface area (Å²) in [6.45, 7) is 0. The Morgan fingerprint density at radius 3 is 2.62 bits per heavy atom. The molecule has 5 nitrogen and oxygen atoms in total. The number of H-pyrrole nitrogens is 1. The van der Waals surface area contributed by atoms with Gasteiger partial charge in [-0.25, -0.2) is 13.1 Å². The monoisotopic (exact) mass is 266 g/mol. The number of halogens is 1. The van der Waals surface area contributed by atoms with Gasteiger partial charge in [0.2, 0.25) is 10.0 Å². The van der Waals surface area contributed by atoms with Crippen LogP contribution < -0.4 is 10.3 Å². The summed E-state index contributed by atoms with van der Waals surface area (Å²) in [6.07, 6.45) is 1.14. The van der Waals surface area contributed by atoms with Crippen molar-refractivity contribution < 1.29 is 8.42 Å². The molecule has 2 N–H and O–H groups in total. The molecule has 0 aliphatic rings. The number of sulfonamides is 1. The number of aromatic amines is 1. The van der Waals surface area contributed by atoms with E-state index in [4.69, 9.17) is 0 Å². The molecule has 0 aromatic carbocycles. The molecule has 0 atom stereocenters. The number of pyridine rings is 1. The topological polar surface area (TPSA) is 79.0 Å². The highest BCUT2D eigenvalue weighted by Crippen LogP contribution is 2.09. The largest absolute Gasteiger partial charge is 0.327 e. The van der Waals surface area contributed by atoms with Crippen molar-refractivity contribution in [3.05, 3.63) is 27.1 Å². The van der Waals surface area contributed by atoms with Gasteiger partial charge in [-0.1, -0.05) is 0 Å². The van der Waals surface area contributed by atoms with Crippen LogP contribution in [0.5, 0.6) is 0 Å². The van der Waals surface area contributed by atoms with Gasteiger partial charge in [0.25, 0.3) is 5.56 Å². The third-order valence-corrected chi connectivity index (χ3v) is 3.39. The highest BCUT2D eigenvalue weighted by Gasteiger charge is 2.12. The van der Waals surface area contributed by atoms with Gasteiger partial charge in [0.05, 0.1) is 9.37 Å². The molecule has 0 aliphatic heterocycles. The fraction of sp³-hybridized carbons (Fsp3) is 0.167. The van der Waals surface area contributed by atoms with Crippen molar-refractivity contribution >= 4 is 26.0 Å². The van der Waals surface area contributed by atoms with Gasteiger partial charge in [-0.15, -0.1) is 0 Å². The molecule has 0 bridgehead atoms. The van der Waals surface area contributed by atoms with Crippen LogP contribution >= 0.6 is 15.9 Å². The van der Waals surface area contributed by atoms with Crippen LogP contribution in [0.25, 0.3) is 0 Å². The highest BCUT2D eigenvalue weighted by atomic mass is 79.9. The molecule has 0 spiro atoms. The normalized spacial score (nSPS) is 11.5. The Balaban J connectivity index is 3.35. The summed E-state index contributed by atoms with van der Waals surface area (Å²) in [5.41, 5.74) is -0.366. The van der Waals surface area contributed by atoms with Crippen LogP contribution in [0.1, 0.15) is 0 Å². The van der Waals surface area contributed by atoms with E-state index in [1.807, 2.05) is 0 Å². The van der Waals surface area contributed by atoms with Crippen molar-refractivity contribution in [3.63, 3.8) is 0 Å². The Labute approximate surface area is 83.4 Å². The van der Waals surface area contributed by atoms with Crippen LogP contribution in [0.3, 0.4) is 0 Å². The van der Waals surface area contributed by atoms with Gasteiger partial charge in [0, 0.05) is 6.20 Å². The Kier molecular flexibility index (Phi) is 2.89. The molecule has 0 aliphatic carbocycles. The lowest BCUT2D eigenvalue weighted by Gasteiger charge is -2.01. The summed E-state index contributed by atoms with van der Waals surface area (Å²) >= 11 is 2.93. The van der Waals surface area contributed by atoms with E-state index in [0.29, 0.717) is 0 Å². The van der Waals surface area contributed by atoms with Crippen molar-refractivity contribution in [2.45, 2.75) is 4.90 Å². The predicted octanol–water partition coefficient (Wildman–Crippen LogP) is 0.0455. The van der Waals surface area contributed by atoms with E-state index in [1.165, 1.54) is 13.1 Å². The first-order valence-corrected chi connectivity index (χ1v) is 5.57. The van der Waals surface area contributed by atoms with E-state index in [1.54, 1.807) is 0 Å². The van der Waals surface area contributed by atoms with Crippen molar-refractivity contribution in [1.29, 1.82) is 0 Å². The maximum atomic E-state index is 11.2. The molecule has 0 unspecified atom stereocenters. The van der Waals surface area contributed by atoms with Crippen molar-refractivity contribution in [1.82, 2.24) is 9.71 Å². The van der Waals surface area contributed by atoms with Gasteiger partial charge in [-0.3, -0.25) is 4.79 Å². The fourth-order valence-corrected chi connectivity index (χ4v) is 1.95. The number of hydrogen-bond donors (Lipinski definition) is 2. The third-order valence-electron chi connectivity index (χ3n) is 1.41. The predicted molar refractivity (Wildman–Crippen MR) is 51.0 cm³/mol. The Bertz CT molecular complexity index is 465. The lowest BCUT2D eigenvalue weighted by Crippen LogP contribution is -2.20. The number of nitrogens with one attached hydrogen (secondary N) is 2. The van der Waals surface area contributed by atoms with Gasteiger partial charge in [-0.05, 0) is 29.0 Å². The van der Waals surface area contributed by atoms with Crippen molar-refractivity contribution in [3.8, 4) is 0 Å². The van der Waals surface area contributed by atoms with Gasteiger partial charge in [0.1, 0.15) is 0 Å². The minimum atomic E-state index is -3.49. The van der Waals surface area contributed by atoms with Crippen molar-refractivity contribution in [2.24, 2.45) is 0 Å². The molecule has 0 radical (unpaired) electrons.